The highest BCUT2D eigenvalue weighted by Crippen LogP contribution is 2.27. The van der Waals surface area contributed by atoms with Crippen molar-refractivity contribution >= 4 is 22.5 Å². The summed E-state index contributed by atoms with van der Waals surface area (Å²) < 4.78 is 5.41. The number of carbonyl (C=O) groups is 1. The maximum atomic E-state index is 12.1. The molecule has 1 aliphatic rings. The van der Waals surface area contributed by atoms with E-state index in [2.05, 4.69) is 36.3 Å². The quantitative estimate of drug-likeness (QED) is 0.857. The van der Waals surface area contributed by atoms with Crippen LogP contribution in [-0.2, 0) is 10.2 Å². The molecule has 1 aromatic rings. The molecule has 1 fully saturated rings. The van der Waals surface area contributed by atoms with Crippen LogP contribution in [-0.4, -0.2) is 46.9 Å². The predicted octanol–water partition coefficient (Wildman–Crippen LogP) is 2.09. The summed E-state index contributed by atoms with van der Waals surface area (Å²) in [5.41, 5.74) is -0.0475. The Balaban J connectivity index is 1.97. The Morgan fingerprint density at radius 1 is 1.47 bits per heavy atom. The smallest absolute Gasteiger partial charge is 0.323 e. The van der Waals surface area contributed by atoms with Gasteiger partial charge in [0, 0.05) is 18.5 Å². The molecule has 6 nitrogen and oxygen atoms in total. The third-order valence-corrected chi connectivity index (χ3v) is 4.07. The van der Waals surface area contributed by atoms with Gasteiger partial charge < -0.3 is 9.64 Å². The van der Waals surface area contributed by atoms with Gasteiger partial charge in [0.05, 0.1) is 12.7 Å². The van der Waals surface area contributed by atoms with Gasteiger partial charge in [0.15, 0.2) is 0 Å². The van der Waals surface area contributed by atoms with Crippen LogP contribution < -0.4 is 5.32 Å². The number of morpholine rings is 1. The van der Waals surface area contributed by atoms with Gasteiger partial charge in [0.25, 0.3) is 0 Å². The summed E-state index contributed by atoms with van der Waals surface area (Å²) in [5.74, 6) is 0. The Morgan fingerprint density at radius 2 is 2.21 bits per heavy atom. The molecule has 1 aliphatic heterocycles. The zero-order chi connectivity index (χ0) is 14.0. The van der Waals surface area contributed by atoms with Gasteiger partial charge in [-0.2, -0.15) is 0 Å². The number of urea groups is 1. The largest absolute Gasteiger partial charge is 0.375 e. The molecule has 1 N–H and O–H groups in total. The van der Waals surface area contributed by atoms with E-state index in [4.69, 9.17) is 4.74 Å². The van der Waals surface area contributed by atoms with Crippen molar-refractivity contribution in [1.82, 2.24) is 15.1 Å². The van der Waals surface area contributed by atoms with Gasteiger partial charge in [-0.05, 0) is 6.92 Å². The van der Waals surface area contributed by atoms with Crippen molar-refractivity contribution in [3.8, 4) is 0 Å². The number of anilines is 1. The van der Waals surface area contributed by atoms with Gasteiger partial charge in [0.2, 0.25) is 5.13 Å². The number of nitrogens with one attached hydrogen (secondary N) is 1. The molecule has 2 amide bonds. The number of hydrogen-bond donors (Lipinski definition) is 1. The highest BCUT2D eigenvalue weighted by atomic mass is 32.1. The van der Waals surface area contributed by atoms with Crippen LogP contribution in [0.15, 0.2) is 0 Å². The first-order chi connectivity index (χ1) is 8.86. The zero-order valence-corrected chi connectivity index (χ0v) is 12.6. The second kappa shape index (κ2) is 5.42. The summed E-state index contributed by atoms with van der Waals surface area (Å²) in [6, 6.07) is -0.133. The fourth-order valence-electron chi connectivity index (χ4n) is 1.75. The third-order valence-electron chi connectivity index (χ3n) is 2.81. The summed E-state index contributed by atoms with van der Waals surface area (Å²) in [6.45, 7) is 9.98. The topological polar surface area (TPSA) is 67.4 Å². The van der Waals surface area contributed by atoms with Crippen LogP contribution >= 0.6 is 11.3 Å². The molecule has 0 spiro atoms. The van der Waals surface area contributed by atoms with Crippen molar-refractivity contribution in [3.63, 3.8) is 0 Å². The number of aromatic nitrogens is 2. The Labute approximate surface area is 117 Å². The van der Waals surface area contributed by atoms with Crippen LogP contribution in [0.4, 0.5) is 9.93 Å². The Kier molecular flexibility index (Phi) is 4.05. The molecular weight excluding hydrogens is 264 g/mol. The lowest BCUT2D eigenvalue weighted by atomic mass is 9.98. The normalized spacial score (nSPS) is 20.4. The second-order valence-corrected chi connectivity index (χ2v) is 6.70. The number of rotatable bonds is 1. The lowest BCUT2D eigenvalue weighted by molar-refractivity contribution is -0.00138. The summed E-state index contributed by atoms with van der Waals surface area (Å²) in [7, 11) is 0. The van der Waals surface area contributed by atoms with E-state index in [0.29, 0.717) is 24.8 Å². The molecule has 7 heteroatoms. The molecule has 2 rings (SSSR count). The SMILES string of the molecule is CC1CN(C(=O)Nc2nnc(C(C)(C)C)s2)CCO1. The van der Waals surface area contributed by atoms with Gasteiger partial charge in [-0.25, -0.2) is 4.79 Å². The Hall–Kier alpha value is -1.21. The van der Waals surface area contributed by atoms with Crippen molar-refractivity contribution in [2.45, 2.75) is 39.2 Å². The third kappa shape index (κ3) is 3.63. The number of ether oxygens (including phenoxy) is 1. The van der Waals surface area contributed by atoms with Crippen molar-refractivity contribution in [1.29, 1.82) is 0 Å². The predicted molar refractivity (Wildman–Crippen MR) is 74.6 cm³/mol. The summed E-state index contributed by atoms with van der Waals surface area (Å²) in [6.07, 6.45) is 0.0825. The lowest BCUT2D eigenvalue weighted by Gasteiger charge is -2.30. The average molecular weight is 284 g/mol. The van der Waals surface area contributed by atoms with E-state index in [1.165, 1.54) is 11.3 Å². The van der Waals surface area contributed by atoms with E-state index in [-0.39, 0.29) is 17.6 Å². The van der Waals surface area contributed by atoms with Crippen molar-refractivity contribution in [3.05, 3.63) is 5.01 Å². The molecule has 1 aromatic heterocycles. The first kappa shape index (κ1) is 14.2. The van der Waals surface area contributed by atoms with Crippen LogP contribution in [0.2, 0.25) is 0 Å². The molecule has 19 heavy (non-hydrogen) atoms. The monoisotopic (exact) mass is 284 g/mol. The van der Waals surface area contributed by atoms with Crippen molar-refractivity contribution in [2.75, 3.05) is 25.0 Å². The second-order valence-electron chi connectivity index (χ2n) is 5.72. The molecule has 106 valence electrons. The van der Waals surface area contributed by atoms with Gasteiger partial charge in [-0.15, -0.1) is 10.2 Å². The molecule has 2 heterocycles. The minimum absolute atomic E-state index is 0.0475. The molecule has 1 saturated heterocycles. The van der Waals surface area contributed by atoms with Gasteiger partial charge in [-0.3, -0.25) is 5.32 Å². The molecule has 0 bridgehead atoms. The number of carbonyl (C=O) groups excluding carboxylic acids is 1. The molecule has 0 aromatic carbocycles. The maximum Gasteiger partial charge on any atom is 0.323 e. The molecular formula is C12H20N4O2S. The van der Waals surface area contributed by atoms with Crippen LogP contribution in [0.25, 0.3) is 0 Å². The van der Waals surface area contributed by atoms with E-state index in [0.717, 1.165) is 5.01 Å². The van der Waals surface area contributed by atoms with E-state index >= 15 is 0 Å². The van der Waals surface area contributed by atoms with Gasteiger partial charge in [0.1, 0.15) is 5.01 Å². The van der Waals surface area contributed by atoms with Gasteiger partial charge >= 0.3 is 6.03 Å². The fourth-order valence-corrected chi connectivity index (χ4v) is 2.54. The highest BCUT2D eigenvalue weighted by molar-refractivity contribution is 7.15. The number of nitrogens with zero attached hydrogens (tertiary/aromatic N) is 3. The van der Waals surface area contributed by atoms with Crippen molar-refractivity contribution in [2.24, 2.45) is 0 Å². The fraction of sp³-hybridized carbons (Fsp3) is 0.750. The van der Waals surface area contributed by atoms with Crippen LogP contribution in [0.5, 0.6) is 0 Å². The van der Waals surface area contributed by atoms with E-state index in [1.807, 2.05) is 6.92 Å². The molecule has 0 radical (unpaired) electrons. The first-order valence-corrected chi connectivity index (χ1v) is 7.19. The standard InChI is InChI=1S/C12H20N4O2S/c1-8-7-16(5-6-18-8)11(17)13-10-15-14-9(19-10)12(2,3)4/h8H,5-7H2,1-4H3,(H,13,15,17). The highest BCUT2D eigenvalue weighted by Gasteiger charge is 2.24. The maximum absolute atomic E-state index is 12.1. The number of amides is 2. The van der Waals surface area contributed by atoms with Crippen LogP contribution in [0.3, 0.4) is 0 Å². The Bertz CT molecular complexity index is 455. The molecule has 0 aliphatic carbocycles. The van der Waals surface area contributed by atoms with E-state index in [9.17, 15) is 4.79 Å². The first-order valence-electron chi connectivity index (χ1n) is 6.38. The number of hydrogen-bond acceptors (Lipinski definition) is 5. The Morgan fingerprint density at radius 3 is 2.79 bits per heavy atom. The zero-order valence-electron chi connectivity index (χ0n) is 11.8. The molecule has 1 unspecified atom stereocenters. The summed E-state index contributed by atoms with van der Waals surface area (Å²) in [5, 5.41) is 12.4. The van der Waals surface area contributed by atoms with Crippen LogP contribution in [0, 0.1) is 0 Å². The van der Waals surface area contributed by atoms with Crippen molar-refractivity contribution < 1.29 is 9.53 Å². The van der Waals surface area contributed by atoms with Gasteiger partial charge in [-0.1, -0.05) is 32.1 Å². The van der Waals surface area contributed by atoms with Crippen LogP contribution in [0.1, 0.15) is 32.7 Å². The minimum Gasteiger partial charge on any atom is -0.375 e. The van der Waals surface area contributed by atoms with E-state index in [1.54, 1.807) is 4.90 Å². The molecule has 0 saturated carbocycles. The van der Waals surface area contributed by atoms with E-state index < -0.39 is 0 Å². The summed E-state index contributed by atoms with van der Waals surface area (Å²) >= 11 is 1.42. The average Bonchev–Trinajstić information content (AvgIpc) is 2.77. The molecule has 1 atom stereocenters. The lowest BCUT2D eigenvalue weighted by Crippen LogP contribution is -2.46. The summed E-state index contributed by atoms with van der Waals surface area (Å²) in [4.78, 5) is 13.8. The minimum atomic E-state index is -0.133.